The lowest BCUT2D eigenvalue weighted by Gasteiger charge is -2.10. The van der Waals surface area contributed by atoms with E-state index in [1.807, 2.05) is 66.9 Å². The van der Waals surface area contributed by atoms with Gasteiger partial charge in [0.05, 0.1) is 21.0 Å². The van der Waals surface area contributed by atoms with Crippen molar-refractivity contribution in [1.82, 2.24) is 19.7 Å². The molecule has 0 bridgehead atoms. The quantitative estimate of drug-likeness (QED) is 0.192. The Balaban J connectivity index is 1.17. The van der Waals surface area contributed by atoms with E-state index in [1.165, 1.54) is 22.0 Å². The van der Waals surface area contributed by atoms with Crippen LogP contribution in [0, 0.1) is 13.8 Å². The Labute approximate surface area is 234 Å². The molecule has 1 amide bonds. The summed E-state index contributed by atoms with van der Waals surface area (Å²) < 4.78 is 8.99. The number of thiazole rings is 1. The molecule has 0 aliphatic rings. The van der Waals surface area contributed by atoms with E-state index in [2.05, 4.69) is 34.6 Å². The fourth-order valence-corrected chi connectivity index (χ4v) is 5.95. The van der Waals surface area contributed by atoms with Crippen molar-refractivity contribution in [2.75, 3.05) is 11.1 Å². The molecule has 10 heteroatoms. The van der Waals surface area contributed by atoms with Crippen LogP contribution in [0.5, 0.6) is 5.75 Å². The minimum absolute atomic E-state index is 0.117. The van der Waals surface area contributed by atoms with E-state index in [0.717, 1.165) is 27.3 Å². The number of aryl methyl sites for hydroxylation is 2. The number of amides is 1. The van der Waals surface area contributed by atoms with Crippen molar-refractivity contribution in [2.24, 2.45) is 0 Å². The van der Waals surface area contributed by atoms with Gasteiger partial charge < -0.3 is 14.6 Å². The molecule has 38 heavy (non-hydrogen) atoms. The second-order valence-electron chi connectivity index (χ2n) is 8.77. The summed E-state index contributed by atoms with van der Waals surface area (Å²) in [4.78, 5) is 17.4. The number of nitrogens with zero attached hydrogens (tertiary/aromatic N) is 4. The van der Waals surface area contributed by atoms with Gasteiger partial charge in [0, 0.05) is 17.8 Å². The molecule has 0 radical (unpaired) electrons. The fraction of sp³-hybridized carbons (Fsp3) is 0.214. The highest BCUT2D eigenvalue weighted by molar-refractivity contribution is 7.99. The van der Waals surface area contributed by atoms with Crippen molar-refractivity contribution in [3.8, 4) is 16.3 Å². The van der Waals surface area contributed by atoms with E-state index in [4.69, 9.17) is 21.3 Å². The van der Waals surface area contributed by atoms with E-state index in [-0.39, 0.29) is 18.3 Å². The zero-order chi connectivity index (χ0) is 26.6. The van der Waals surface area contributed by atoms with Gasteiger partial charge in [-0.25, -0.2) is 4.98 Å². The smallest absolute Gasteiger partial charge is 0.234 e. The van der Waals surface area contributed by atoms with Crippen LogP contribution in [-0.4, -0.2) is 31.4 Å². The predicted octanol–water partition coefficient (Wildman–Crippen LogP) is 7.15. The van der Waals surface area contributed by atoms with Gasteiger partial charge in [-0.15, -0.1) is 21.5 Å². The van der Waals surface area contributed by atoms with Crippen LogP contribution in [0.3, 0.4) is 0 Å². The van der Waals surface area contributed by atoms with E-state index < -0.39 is 0 Å². The summed E-state index contributed by atoms with van der Waals surface area (Å²) in [5.41, 5.74) is 5.03. The monoisotopic (exact) mass is 563 g/mol. The van der Waals surface area contributed by atoms with Crippen molar-refractivity contribution >= 4 is 56.5 Å². The van der Waals surface area contributed by atoms with Crippen molar-refractivity contribution in [1.29, 1.82) is 0 Å². The Hall–Kier alpha value is -3.40. The van der Waals surface area contributed by atoms with Gasteiger partial charge in [-0.3, -0.25) is 4.79 Å². The number of fused-ring (bicyclic) bond motifs is 1. The molecule has 3 aromatic carbocycles. The molecule has 0 spiro atoms. The molecular formula is C28H26ClN5O2S2. The van der Waals surface area contributed by atoms with E-state index >= 15 is 0 Å². The second kappa shape index (κ2) is 11.6. The second-order valence-corrected chi connectivity index (χ2v) is 11.2. The third kappa shape index (κ3) is 6.01. The summed E-state index contributed by atoms with van der Waals surface area (Å²) >= 11 is 9.24. The number of ether oxygens (including phenoxy) is 1. The van der Waals surface area contributed by atoms with Gasteiger partial charge in [-0.1, -0.05) is 35.5 Å². The highest BCUT2D eigenvalue weighted by Gasteiger charge is 2.15. The largest absolute Gasteiger partial charge is 0.484 e. The Kier molecular flexibility index (Phi) is 7.97. The number of hydrogen-bond donors (Lipinski definition) is 1. The van der Waals surface area contributed by atoms with E-state index in [1.54, 1.807) is 11.3 Å². The zero-order valence-electron chi connectivity index (χ0n) is 21.2. The third-order valence-electron chi connectivity index (χ3n) is 5.85. The number of carbonyl (C=O) groups excluding carboxylic acids is 1. The molecule has 5 aromatic rings. The number of halogens is 1. The predicted molar refractivity (Wildman–Crippen MR) is 155 cm³/mol. The van der Waals surface area contributed by atoms with Crippen molar-refractivity contribution < 1.29 is 9.53 Å². The first-order valence-corrected chi connectivity index (χ1v) is 14.3. The standard InChI is InChI=1S/C28H26ClN5O2S2/c1-4-34-25(15-36-23-13-17(2)5-11-21(23)29)32-33-28(34)37-16-26(35)30-20-9-7-19(8-10-20)27-31-22-12-6-18(3)14-24(22)38-27/h5-14H,4,15-16H2,1-3H3,(H,30,35). The molecule has 0 unspecified atom stereocenters. The van der Waals surface area contributed by atoms with Crippen LogP contribution in [0.4, 0.5) is 5.69 Å². The summed E-state index contributed by atoms with van der Waals surface area (Å²) in [6.45, 7) is 6.96. The van der Waals surface area contributed by atoms with Gasteiger partial charge in [0.1, 0.15) is 17.4 Å². The van der Waals surface area contributed by atoms with Crippen LogP contribution < -0.4 is 10.1 Å². The topological polar surface area (TPSA) is 81.9 Å². The van der Waals surface area contributed by atoms with E-state index in [9.17, 15) is 4.79 Å². The van der Waals surface area contributed by atoms with Crippen LogP contribution in [-0.2, 0) is 17.9 Å². The molecule has 0 saturated carbocycles. The first-order chi connectivity index (χ1) is 18.4. The lowest BCUT2D eigenvalue weighted by Crippen LogP contribution is -2.15. The van der Waals surface area contributed by atoms with Crippen LogP contribution in [0.2, 0.25) is 5.02 Å². The third-order valence-corrected chi connectivity index (χ3v) is 8.19. The molecule has 5 rings (SSSR count). The van der Waals surface area contributed by atoms with Gasteiger partial charge in [0.2, 0.25) is 5.91 Å². The highest BCUT2D eigenvalue weighted by atomic mass is 35.5. The summed E-state index contributed by atoms with van der Waals surface area (Å²) in [5.74, 6) is 1.37. The number of anilines is 1. The molecule has 2 heterocycles. The average Bonchev–Trinajstić information content (AvgIpc) is 3.51. The van der Waals surface area contributed by atoms with Crippen LogP contribution in [0.1, 0.15) is 23.9 Å². The molecule has 7 nitrogen and oxygen atoms in total. The van der Waals surface area contributed by atoms with Gasteiger partial charge in [0.25, 0.3) is 0 Å². The van der Waals surface area contributed by atoms with Gasteiger partial charge in [0.15, 0.2) is 11.0 Å². The summed E-state index contributed by atoms with van der Waals surface area (Å²) in [6, 6.07) is 19.7. The molecule has 2 aromatic heterocycles. The molecule has 0 aliphatic carbocycles. The van der Waals surface area contributed by atoms with Crippen LogP contribution in [0.25, 0.3) is 20.8 Å². The molecule has 1 N–H and O–H groups in total. The van der Waals surface area contributed by atoms with E-state index in [0.29, 0.717) is 28.3 Å². The maximum Gasteiger partial charge on any atom is 0.234 e. The summed E-state index contributed by atoms with van der Waals surface area (Å²) in [6.07, 6.45) is 0. The molecule has 0 atom stereocenters. The zero-order valence-corrected chi connectivity index (χ0v) is 23.6. The molecule has 194 valence electrons. The van der Waals surface area contributed by atoms with Gasteiger partial charge >= 0.3 is 0 Å². The van der Waals surface area contributed by atoms with Gasteiger partial charge in [-0.05, 0) is 80.4 Å². The first-order valence-electron chi connectivity index (χ1n) is 12.1. The summed E-state index contributed by atoms with van der Waals surface area (Å²) in [5, 5.41) is 13.7. The lowest BCUT2D eigenvalue weighted by atomic mass is 10.2. The normalized spacial score (nSPS) is 11.2. The van der Waals surface area contributed by atoms with Crippen LogP contribution >= 0.6 is 34.7 Å². The SMILES string of the molecule is CCn1c(COc2cc(C)ccc2Cl)nnc1SCC(=O)Nc1ccc(-c2nc3ccc(C)cc3s2)cc1. The number of rotatable bonds is 9. The molecule has 0 aliphatic heterocycles. The molecule has 0 saturated heterocycles. The highest BCUT2D eigenvalue weighted by Crippen LogP contribution is 2.31. The number of carbonyl (C=O) groups is 1. The number of hydrogen-bond acceptors (Lipinski definition) is 7. The Morgan fingerprint density at radius 2 is 1.82 bits per heavy atom. The number of benzene rings is 3. The van der Waals surface area contributed by atoms with Crippen LogP contribution in [0.15, 0.2) is 65.8 Å². The average molecular weight is 564 g/mol. The molecule has 0 fully saturated rings. The Bertz CT molecular complexity index is 1600. The number of nitrogens with one attached hydrogen (secondary N) is 1. The minimum Gasteiger partial charge on any atom is -0.484 e. The minimum atomic E-state index is -0.117. The van der Waals surface area contributed by atoms with Crippen molar-refractivity contribution in [2.45, 2.75) is 39.1 Å². The number of thioether (sulfide) groups is 1. The Morgan fingerprint density at radius 3 is 2.61 bits per heavy atom. The van der Waals surface area contributed by atoms with Gasteiger partial charge in [-0.2, -0.15) is 0 Å². The maximum absolute atomic E-state index is 12.6. The fourth-order valence-electron chi connectivity index (χ4n) is 3.89. The van der Waals surface area contributed by atoms with Crippen molar-refractivity contribution in [3.05, 3.63) is 82.6 Å². The van der Waals surface area contributed by atoms with Crippen molar-refractivity contribution in [3.63, 3.8) is 0 Å². The Morgan fingerprint density at radius 1 is 1.05 bits per heavy atom. The lowest BCUT2D eigenvalue weighted by molar-refractivity contribution is -0.113. The maximum atomic E-state index is 12.6. The first kappa shape index (κ1) is 26.2. The molecular weight excluding hydrogens is 538 g/mol. The summed E-state index contributed by atoms with van der Waals surface area (Å²) in [7, 11) is 0. The number of aromatic nitrogens is 4.